The Morgan fingerprint density at radius 2 is 1.88 bits per heavy atom. The minimum atomic E-state index is -0.468. The van der Waals surface area contributed by atoms with Gasteiger partial charge < -0.3 is 14.0 Å². The molecule has 1 aliphatic carbocycles. The lowest BCUT2D eigenvalue weighted by molar-refractivity contribution is 0.355. The van der Waals surface area contributed by atoms with Crippen LogP contribution in [0.1, 0.15) is 42.8 Å². The highest BCUT2D eigenvalue weighted by Crippen LogP contribution is 2.39. The summed E-state index contributed by atoms with van der Waals surface area (Å²) in [5.41, 5.74) is -0.121. The molecule has 10 heteroatoms. The maximum Gasteiger partial charge on any atom is 0.329 e. The number of fused-ring (bicyclic) bond motifs is 1. The van der Waals surface area contributed by atoms with Crippen molar-refractivity contribution in [1.29, 1.82) is 0 Å². The van der Waals surface area contributed by atoms with Crippen LogP contribution in [-0.4, -0.2) is 42.3 Å². The summed E-state index contributed by atoms with van der Waals surface area (Å²) in [5, 5.41) is 4.10. The number of anilines is 1. The van der Waals surface area contributed by atoms with Crippen molar-refractivity contribution in [3.63, 3.8) is 0 Å². The van der Waals surface area contributed by atoms with Crippen molar-refractivity contribution < 1.29 is 4.52 Å². The largest absolute Gasteiger partial charge is 0.341 e. The predicted molar refractivity (Wildman–Crippen MR) is 92.4 cm³/mol. The second kappa shape index (κ2) is 5.29. The first-order valence-corrected chi connectivity index (χ1v) is 8.77. The smallest absolute Gasteiger partial charge is 0.329 e. The highest BCUT2D eigenvalue weighted by molar-refractivity contribution is 5.74. The Labute approximate surface area is 147 Å². The zero-order chi connectivity index (χ0) is 18.0. The van der Waals surface area contributed by atoms with E-state index in [1.165, 1.54) is 4.57 Å². The molecule has 2 aliphatic rings. The quantitative estimate of drug-likeness (QED) is 0.713. The van der Waals surface area contributed by atoms with Crippen molar-refractivity contribution in [2.75, 3.05) is 18.0 Å². The molecule has 3 aromatic heterocycles. The van der Waals surface area contributed by atoms with Gasteiger partial charge in [-0.2, -0.15) is 9.97 Å². The van der Waals surface area contributed by atoms with Crippen molar-refractivity contribution >= 4 is 17.1 Å². The average Bonchev–Trinajstić information content (AvgIpc) is 3.04. The zero-order valence-corrected chi connectivity index (χ0v) is 14.6. The zero-order valence-electron chi connectivity index (χ0n) is 14.6. The van der Waals surface area contributed by atoms with Crippen molar-refractivity contribution in [2.24, 2.45) is 14.1 Å². The van der Waals surface area contributed by atoms with Gasteiger partial charge in [0.2, 0.25) is 11.8 Å². The molecular weight excluding hydrogens is 338 g/mol. The number of aromatic nitrogens is 6. The molecule has 2 fully saturated rings. The number of rotatable bonds is 3. The van der Waals surface area contributed by atoms with Gasteiger partial charge in [-0.1, -0.05) is 5.16 Å². The lowest BCUT2D eigenvalue weighted by atomic mass is 10.1. The van der Waals surface area contributed by atoms with Crippen LogP contribution in [0.15, 0.2) is 14.1 Å². The minimum absolute atomic E-state index is 0.150. The molecule has 3 aromatic rings. The predicted octanol–water partition coefficient (Wildman–Crippen LogP) is 0.215. The summed E-state index contributed by atoms with van der Waals surface area (Å²) < 4.78 is 8.55. The molecule has 4 heterocycles. The Bertz CT molecular complexity index is 1120. The van der Waals surface area contributed by atoms with E-state index < -0.39 is 11.2 Å². The van der Waals surface area contributed by atoms with Crippen LogP contribution in [0, 0.1) is 0 Å². The number of aryl methyl sites for hydroxylation is 2. The molecule has 1 N–H and O–H groups in total. The molecule has 1 saturated heterocycles. The lowest BCUT2D eigenvalue weighted by Crippen LogP contribution is -2.29. The van der Waals surface area contributed by atoms with Crippen molar-refractivity contribution in [1.82, 2.24) is 29.2 Å². The monoisotopic (exact) mass is 357 g/mol. The van der Waals surface area contributed by atoms with Crippen LogP contribution in [-0.2, 0) is 14.1 Å². The standard InChI is InChI=1S/C16H19N7O3/c1-21-10-12(22(2)16(25)19-13(10)24)18-15(21)23-6-5-9(7-23)14-17-11(20-26-14)8-3-4-8/h8-9H,3-7H2,1-2H3,(H,19,24,25). The van der Waals surface area contributed by atoms with Gasteiger partial charge in [0.05, 0.1) is 5.92 Å². The van der Waals surface area contributed by atoms with E-state index in [-0.39, 0.29) is 5.92 Å². The maximum atomic E-state index is 12.2. The van der Waals surface area contributed by atoms with Crippen LogP contribution in [0.2, 0.25) is 0 Å². The Hall–Kier alpha value is -2.91. The van der Waals surface area contributed by atoms with E-state index in [4.69, 9.17) is 4.52 Å². The van der Waals surface area contributed by atoms with Crippen LogP contribution in [0.3, 0.4) is 0 Å². The van der Waals surface area contributed by atoms with Gasteiger partial charge in [0.1, 0.15) is 0 Å². The van der Waals surface area contributed by atoms with Crippen molar-refractivity contribution in [3.05, 3.63) is 32.6 Å². The molecule has 26 heavy (non-hydrogen) atoms. The van der Waals surface area contributed by atoms with Gasteiger partial charge in [0.25, 0.3) is 5.56 Å². The summed E-state index contributed by atoms with van der Waals surface area (Å²) in [6.45, 7) is 1.46. The molecule has 0 bridgehead atoms. The molecule has 136 valence electrons. The third kappa shape index (κ3) is 2.21. The molecule has 1 unspecified atom stereocenters. The molecule has 10 nitrogen and oxygen atoms in total. The average molecular weight is 357 g/mol. The van der Waals surface area contributed by atoms with Gasteiger partial charge in [0.15, 0.2) is 17.0 Å². The molecule has 0 radical (unpaired) electrons. The highest BCUT2D eigenvalue weighted by Gasteiger charge is 2.34. The maximum absolute atomic E-state index is 12.2. The Kier molecular flexibility index (Phi) is 3.12. The fraction of sp³-hybridized carbons (Fsp3) is 0.562. The second-order valence-corrected chi connectivity index (χ2v) is 7.16. The number of hydrogen-bond donors (Lipinski definition) is 1. The summed E-state index contributed by atoms with van der Waals surface area (Å²) in [5.74, 6) is 2.78. The van der Waals surface area contributed by atoms with Gasteiger partial charge in [-0.3, -0.25) is 14.3 Å². The summed E-state index contributed by atoms with van der Waals surface area (Å²) in [4.78, 5) is 37.5. The SMILES string of the molecule is Cn1c(N2CCC(c3nc(C4CC4)no3)C2)nc2c1c(=O)[nH]c(=O)n2C. The molecule has 0 amide bonds. The van der Waals surface area contributed by atoms with Crippen LogP contribution in [0.25, 0.3) is 11.2 Å². The van der Waals surface area contributed by atoms with Crippen LogP contribution < -0.4 is 16.1 Å². The molecule has 1 saturated carbocycles. The van der Waals surface area contributed by atoms with Gasteiger partial charge in [-0.25, -0.2) is 4.79 Å². The number of aromatic amines is 1. The van der Waals surface area contributed by atoms with E-state index >= 15 is 0 Å². The van der Waals surface area contributed by atoms with Gasteiger partial charge in [-0.05, 0) is 19.3 Å². The number of H-pyrrole nitrogens is 1. The number of nitrogens with zero attached hydrogens (tertiary/aromatic N) is 6. The van der Waals surface area contributed by atoms with E-state index in [0.29, 0.717) is 35.5 Å². The molecule has 1 aliphatic heterocycles. The molecule has 5 rings (SSSR count). The van der Waals surface area contributed by atoms with E-state index in [1.807, 2.05) is 0 Å². The summed E-state index contributed by atoms with van der Waals surface area (Å²) in [6.07, 6.45) is 3.16. The van der Waals surface area contributed by atoms with Gasteiger partial charge in [0, 0.05) is 33.1 Å². The topological polar surface area (TPSA) is 115 Å². The van der Waals surface area contributed by atoms with Crippen LogP contribution in [0.5, 0.6) is 0 Å². The molecule has 0 aromatic carbocycles. The number of imidazole rings is 1. The highest BCUT2D eigenvalue weighted by atomic mass is 16.5. The van der Waals surface area contributed by atoms with Crippen LogP contribution in [0.4, 0.5) is 5.95 Å². The lowest BCUT2D eigenvalue weighted by Gasteiger charge is -2.16. The Balaban J connectivity index is 1.48. The fourth-order valence-corrected chi connectivity index (χ4v) is 3.64. The fourth-order valence-electron chi connectivity index (χ4n) is 3.64. The van der Waals surface area contributed by atoms with Crippen molar-refractivity contribution in [3.8, 4) is 0 Å². The molecule has 0 spiro atoms. The Morgan fingerprint density at radius 3 is 2.65 bits per heavy atom. The third-order valence-electron chi connectivity index (χ3n) is 5.33. The second-order valence-electron chi connectivity index (χ2n) is 7.16. The van der Waals surface area contributed by atoms with Gasteiger partial charge in [-0.15, -0.1) is 0 Å². The molecular formula is C16H19N7O3. The van der Waals surface area contributed by atoms with E-state index in [0.717, 1.165) is 31.6 Å². The first-order valence-electron chi connectivity index (χ1n) is 8.77. The number of nitrogens with one attached hydrogen (secondary N) is 1. The number of hydrogen-bond acceptors (Lipinski definition) is 7. The van der Waals surface area contributed by atoms with Crippen LogP contribution >= 0.6 is 0 Å². The first kappa shape index (κ1) is 15.4. The summed E-state index contributed by atoms with van der Waals surface area (Å²) in [6, 6.07) is 0. The third-order valence-corrected chi connectivity index (χ3v) is 5.33. The first-order chi connectivity index (χ1) is 12.5. The summed E-state index contributed by atoms with van der Waals surface area (Å²) in [7, 11) is 3.39. The van der Waals surface area contributed by atoms with E-state index in [2.05, 4.69) is 25.0 Å². The van der Waals surface area contributed by atoms with Crippen molar-refractivity contribution in [2.45, 2.75) is 31.1 Å². The van der Waals surface area contributed by atoms with E-state index in [9.17, 15) is 9.59 Å². The normalized spacial score (nSPS) is 20.4. The Morgan fingerprint density at radius 1 is 1.08 bits per heavy atom. The van der Waals surface area contributed by atoms with Gasteiger partial charge >= 0.3 is 5.69 Å². The van der Waals surface area contributed by atoms with E-state index in [1.54, 1.807) is 18.7 Å². The summed E-state index contributed by atoms with van der Waals surface area (Å²) >= 11 is 0. The molecule has 1 atom stereocenters. The minimum Gasteiger partial charge on any atom is -0.341 e.